The number of hydrogen-bond donors (Lipinski definition) is 11. The first-order valence-corrected chi connectivity index (χ1v) is 18.4. The van der Waals surface area contributed by atoms with Crippen molar-refractivity contribution < 1.29 is 43.8 Å². The lowest BCUT2D eigenvalue weighted by Gasteiger charge is -2.28. The van der Waals surface area contributed by atoms with E-state index in [-0.39, 0.29) is 75.0 Å². The van der Waals surface area contributed by atoms with Crippen molar-refractivity contribution in [1.82, 2.24) is 26.6 Å². The van der Waals surface area contributed by atoms with Crippen LogP contribution in [0, 0.1) is 11.8 Å². The van der Waals surface area contributed by atoms with E-state index in [0.717, 1.165) is 0 Å². The fraction of sp³-hybridized carbons (Fsp3) is 0.600. The van der Waals surface area contributed by atoms with Crippen LogP contribution in [0.25, 0.3) is 0 Å². The van der Waals surface area contributed by atoms with E-state index < -0.39 is 77.7 Å². The molecule has 54 heavy (non-hydrogen) atoms. The number of amides is 5. The van der Waals surface area contributed by atoms with Crippen molar-refractivity contribution in [2.24, 2.45) is 34.0 Å². The zero-order chi connectivity index (χ0) is 41.0. The molecule has 6 atom stereocenters. The van der Waals surface area contributed by atoms with Gasteiger partial charge < -0.3 is 54.0 Å². The summed E-state index contributed by atoms with van der Waals surface area (Å²) < 4.78 is 0. The number of rotatable bonds is 25. The summed E-state index contributed by atoms with van der Waals surface area (Å²) in [5.41, 5.74) is 17.3. The van der Waals surface area contributed by atoms with Crippen LogP contribution in [0.15, 0.2) is 35.3 Å². The number of carbonyl (C=O) groups excluding carboxylic acids is 5. The highest BCUT2D eigenvalue weighted by molar-refractivity contribution is 7.80. The standard InChI is InChI=1S/C35H57N9O9S/c1-19(2)15-24(41-30(48)23(11-8-14-39-35(37)38)40-29(47)22(36)12-13-28(45)46)31(49)43-26(17-21-9-6-5-7-10-21)33(51)42-25(16-20(3)4)32(50)44-27(18-54)34(52)53/h5-7,9-10,19-20,22-27,54H,8,11-18,36H2,1-4H3,(H,40,47)(H,41,48)(H,42,51)(H,43,49)(H,44,50)(H,45,46)(H,52,53)(H4,37,38,39)/t22-,23-,24-,25-,26-,27-/m0/s1. The molecule has 0 spiro atoms. The van der Waals surface area contributed by atoms with Crippen LogP contribution < -0.4 is 43.8 Å². The Hall–Kier alpha value is -4.91. The first kappa shape index (κ1) is 47.1. The van der Waals surface area contributed by atoms with E-state index in [2.05, 4.69) is 44.2 Å². The Morgan fingerprint density at radius 3 is 1.61 bits per heavy atom. The van der Waals surface area contributed by atoms with Gasteiger partial charge in [0.05, 0.1) is 6.04 Å². The summed E-state index contributed by atoms with van der Waals surface area (Å²) in [7, 11) is 0. The number of guanidine groups is 1. The van der Waals surface area contributed by atoms with Crippen molar-refractivity contribution in [3.63, 3.8) is 0 Å². The Balaban J connectivity index is 3.38. The normalized spacial score (nSPS) is 14.4. The number of thiol groups is 1. The molecule has 0 heterocycles. The second kappa shape index (κ2) is 24.4. The van der Waals surface area contributed by atoms with E-state index in [1.165, 1.54) is 0 Å². The van der Waals surface area contributed by atoms with Gasteiger partial charge in [0.15, 0.2) is 5.96 Å². The fourth-order valence-corrected chi connectivity index (χ4v) is 5.45. The average molecular weight is 780 g/mol. The van der Waals surface area contributed by atoms with Crippen LogP contribution in [0.5, 0.6) is 0 Å². The van der Waals surface area contributed by atoms with E-state index in [1.807, 2.05) is 27.7 Å². The molecule has 0 radical (unpaired) electrons. The van der Waals surface area contributed by atoms with Crippen molar-refractivity contribution in [3.05, 3.63) is 35.9 Å². The molecule has 0 fully saturated rings. The molecular weight excluding hydrogens is 723 g/mol. The minimum absolute atomic E-state index is 0.00285. The summed E-state index contributed by atoms with van der Waals surface area (Å²) in [5.74, 6) is -6.70. The third-order valence-electron chi connectivity index (χ3n) is 7.98. The summed E-state index contributed by atoms with van der Waals surface area (Å²) in [6.45, 7) is 7.41. The van der Waals surface area contributed by atoms with Gasteiger partial charge in [-0.25, -0.2) is 4.79 Å². The maximum atomic E-state index is 13.9. The monoisotopic (exact) mass is 779 g/mol. The minimum Gasteiger partial charge on any atom is -0.481 e. The van der Waals surface area contributed by atoms with Crippen LogP contribution in [-0.2, 0) is 40.0 Å². The summed E-state index contributed by atoms with van der Waals surface area (Å²) in [5, 5.41) is 31.4. The lowest BCUT2D eigenvalue weighted by Crippen LogP contribution is -2.60. The Morgan fingerprint density at radius 1 is 0.685 bits per heavy atom. The van der Waals surface area contributed by atoms with Crippen molar-refractivity contribution in [2.75, 3.05) is 12.3 Å². The van der Waals surface area contributed by atoms with E-state index in [0.29, 0.717) is 5.56 Å². The number of nitrogens with one attached hydrogen (secondary N) is 5. The fourth-order valence-electron chi connectivity index (χ4n) is 5.20. The molecule has 0 bridgehead atoms. The SMILES string of the molecule is CC(C)C[C@H](NC(=O)[C@H](Cc1ccccc1)NC(=O)[C@H](CC(C)C)NC(=O)[C@H](CCCN=C(N)N)NC(=O)[C@@H](N)CCC(=O)O)C(=O)N[C@@H](CS)C(=O)O. The van der Waals surface area contributed by atoms with Gasteiger partial charge in [0.1, 0.15) is 30.2 Å². The van der Waals surface area contributed by atoms with Crippen molar-refractivity contribution in [1.29, 1.82) is 0 Å². The number of benzene rings is 1. The number of carboxylic acids is 2. The maximum absolute atomic E-state index is 13.9. The summed E-state index contributed by atoms with van der Waals surface area (Å²) in [4.78, 5) is 94.0. The van der Waals surface area contributed by atoms with Crippen LogP contribution in [0.3, 0.4) is 0 Å². The smallest absolute Gasteiger partial charge is 0.327 e. The zero-order valence-electron chi connectivity index (χ0n) is 31.2. The Labute approximate surface area is 321 Å². The Bertz CT molecular complexity index is 1440. The van der Waals surface area contributed by atoms with Gasteiger partial charge >= 0.3 is 11.9 Å². The van der Waals surface area contributed by atoms with Gasteiger partial charge in [0.25, 0.3) is 0 Å². The lowest BCUT2D eigenvalue weighted by atomic mass is 9.99. The molecule has 1 aromatic carbocycles. The number of aliphatic imine (C=N–C) groups is 1. The van der Waals surface area contributed by atoms with Crippen molar-refractivity contribution in [3.8, 4) is 0 Å². The van der Waals surface area contributed by atoms with Crippen LogP contribution in [-0.4, -0.2) is 106 Å². The molecule has 13 N–H and O–H groups in total. The van der Waals surface area contributed by atoms with Gasteiger partial charge in [-0.3, -0.25) is 33.8 Å². The van der Waals surface area contributed by atoms with Gasteiger partial charge in [0.2, 0.25) is 29.5 Å². The van der Waals surface area contributed by atoms with Crippen LogP contribution in [0.1, 0.15) is 71.8 Å². The number of carboxylic acid groups (broad SMARTS) is 2. The third kappa shape index (κ3) is 18.7. The molecule has 0 aliphatic carbocycles. The molecule has 0 aliphatic heterocycles. The number of hydrogen-bond acceptors (Lipinski definition) is 10. The summed E-state index contributed by atoms with van der Waals surface area (Å²) in [6, 6.07) is 1.46. The summed E-state index contributed by atoms with van der Waals surface area (Å²) in [6.07, 6.45) is 0.0154. The topological polar surface area (TPSA) is 311 Å². The molecular formula is C35H57N9O9S. The molecule has 302 valence electrons. The van der Waals surface area contributed by atoms with E-state index >= 15 is 0 Å². The second-order valence-corrected chi connectivity index (χ2v) is 14.1. The Morgan fingerprint density at radius 2 is 1.15 bits per heavy atom. The second-order valence-electron chi connectivity index (χ2n) is 13.8. The van der Waals surface area contributed by atoms with Gasteiger partial charge in [0, 0.05) is 25.1 Å². The first-order valence-electron chi connectivity index (χ1n) is 17.8. The molecule has 0 unspecified atom stereocenters. The molecule has 18 nitrogen and oxygen atoms in total. The number of nitrogens with zero attached hydrogens (tertiary/aromatic N) is 1. The maximum Gasteiger partial charge on any atom is 0.327 e. The Kier molecular flexibility index (Phi) is 21.3. The number of nitrogens with two attached hydrogens (primary N) is 3. The van der Waals surface area contributed by atoms with E-state index in [9.17, 15) is 38.7 Å². The molecule has 1 aromatic rings. The average Bonchev–Trinajstić information content (AvgIpc) is 3.09. The molecule has 1 rings (SSSR count). The van der Waals surface area contributed by atoms with Crippen LogP contribution >= 0.6 is 12.6 Å². The van der Waals surface area contributed by atoms with Gasteiger partial charge in [-0.1, -0.05) is 58.0 Å². The predicted octanol–water partition coefficient (Wildman–Crippen LogP) is -0.995. The summed E-state index contributed by atoms with van der Waals surface area (Å²) >= 11 is 3.99. The molecule has 0 aliphatic rings. The highest BCUT2D eigenvalue weighted by Crippen LogP contribution is 2.12. The van der Waals surface area contributed by atoms with Crippen LogP contribution in [0.2, 0.25) is 0 Å². The highest BCUT2D eigenvalue weighted by atomic mass is 32.1. The largest absolute Gasteiger partial charge is 0.481 e. The van der Waals surface area contributed by atoms with Gasteiger partial charge in [-0.05, 0) is 49.5 Å². The van der Waals surface area contributed by atoms with Gasteiger partial charge in [-0.2, -0.15) is 12.6 Å². The van der Waals surface area contributed by atoms with Gasteiger partial charge in [-0.15, -0.1) is 0 Å². The van der Waals surface area contributed by atoms with Crippen molar-refractivity contribution in [2.45, 2.75) is 109 Å². The number of carbonyl (C=O) groups is 7. The number of aliphatic carboxylic acids is 2. The first-order chi connectivity index (χ1) is 25.3. The highest BCUT2D eigenvalue weighted by Gasteiger charge is 2.33. The van der Waals surface area contributed by atoms with Crippen molar-refractivity contribution >= 4 is 60.1 Å². The van der Waals surface area contributed by atoms with E-state index in [4.69, 9.17) is 22.3 Å². The predicted molar refractivity (Wildman–Crippen MR) is 205 cm³/mol. The zero-order valence-corrected chi connectivity index (χ0v) is 32.1. The minimum atomic E-state index is -1.30. The molecule has 0 aromatic heterocycles. The molecule has 0 saturated carbocycles. The molecule has 0 saturated heterocycles. The van der Waals surface area contributed by atoms with Crippen LogP contribution in [0.4, 0.5) is 0 Å². The molecule has 19 heteroatoms. The molecule has 5 amide bonds. The van der Waals surface area contributed by atoms with E-state index in [1.54, 1.807) is 30.3 Å². The third-order valence-corrected chi connectivity index (χ3v) is 8.34. The quantitative estimate of drug-likeness (QED) is 0.0247. The lowest BCUT2D eigenvalue weighted by molar-refractivity contribution is -0.141.